The third kappa shape index (κ3) is 2.31. The number of nitrogens with zero attached hydrogens (tertiary/aromatic N) is 2. The molecule has 158 valence electrons. The average molecular weight is 424 g/mol. The van der Waals surface area contributed by atoms with Gasteiger partial charge in [0.1, 0.15) is 17.3 Å². The zero-order valence-electron chi connectivity index (χ0n) is 15.6. The van der Waals surface area contributed by atoms with Gasteiger partial charge in [-0.3, -0.25) is 14.4 Å². The molecular formula is C19H15F3N2O6. The minimum Gasteiger partial charge on any atom is -0.459 e. The van der Waals surface area contributed by atoms with E-state index in [1.807, 2.05) is 0 Å². The number of hydrogen-bond acceptors (Lipinski definition) is 7. The van der Waals surface area contributed by atoms with Crippen LogP contribution in [0.15, 0.2) is 18.2 Å². The lowest BCUT2D eigenvalue weighted by Crippen LogP contribution is -2.58. The van der Waals surface area contributed by atoms with Crippen molar-refractivity contribution in [2.75, 3.05) is 4.90 Å². The van der Waals surface area contributed by atoms with E-state index in [0.717, 1.165) is 12.1 Å². The quantitative estimate of drug-likeness (QED) is 0.571. The lowest BCUT2D eigenvalue weighted by molar-refractivity contribution is -0.154. The smallest absolute Gasteiger partial charge is 0.417 e. The molecule has 0 spiro atoms. The second kappa shape index (κ2) is 6.02. The number of carbonyl (C=O) groups excluding carboxylic acids is 3. The highest BCUT2D eigenvalue weighted by Gasteiger charge is 2.80. The van der Waals surface area contributed by atoms with Crippen LogP contribution < -0.4 is 4.90 Å². The van der Waals surface area contributed by atoms with Crippen LogP contribution in [0.1, 0.15) is 25.0 Å². The van der Waals surface area contributed by atoms with E-state index in [4.69, 9.17) is 14.7 Å². The van der Waals surface area contributed by atoms with Gasteiger partial charge >= 0.3 is 6.18 Å². The highest BCUT2D eigenvalue weighted by atomic mass is 19.4. The third-order valence-electron chi connectivity index (χ3n) is 6.31. The summed E-state index contributed by atoms with van der Waals surface area (Å²) in [6, 6.07) is 3.96. The maximum absolute atomic E-state index is 13.3. The minimum absolute atomic E-state index is 0.0941. The fourth-order valence-corrected chi connectivity index (χ4v) is 5.05. The lowest BCUT2D eigenvalue weighted by Gasteiger charge is -2.37. The Morgan fingerprint density at radius 1 is 1.23 bits per heavy atom. The highest BCUT2D eigenvalue weighted by Crippen LogP contribution is 2.61. The first-order valence-electron chi connectivity index (χ1n) is 8.88. The van der Waals surface area contributed by atoms with Crippen molar-refractivity contribution in [3.63, 3.8) is 0 Å². The molecule has 2 amide bonds. The zero-order chi connectivity index (χ0) is 22.2. The molecule has 3 fully saturated rings. The number of fused-ring (bicyclic) bond motifs is 5. The number of benzene rings is 1. The van der Waals surface area contributed by atoms with Gasteiger partial charge in [-0.25, -0.2) is 4.90 Å². The molecule has 11 heteroatoms. The molecule has 0 radical (unpaired) electrons. The second-order valence-corrected chi connectivity index (χ2v) is 7.87. The van der Waals surface area contributed by atoms with E-state index >= 15 is 0 Å². The monoisotopic (exact) mass is 424 g/mol. The van der Waals surface area contributed by atoms with Crippen molar-refractivity contribution in [2.24, 2.45) is 11.8 Å². The predicted octanol–water partition coefficient (Wildman–Crippen LogP) is 1.15. The number of nitriles is 1. The first-order chi connectivity index (χ1) is 13.9. The van der Waals surface area contributed by atoms with Crippen molar-refractivity contribution in [3.05, 3.63) is 29.3 Å². The van der Waals surface area contributed by atoms with Gasteiger partial charge in [-0.05, 0) is 32.0 Å². The number of aliphatic hydroxyl groups excluding tert-OH is 1. The number of hydrogen-bond donors (Lipinski definition) is 1. The topological polar surface area (TPSA) is 117 Å². The summed E-state index contributed by atoms with van der Waals surface area (Å²) in [7, 11) is 0. The van der Waals surface area contributed by atoms with Crippen LogP contribution in [-0.4, -0.2) is 46.8 Å². The van der Waals surface area contributed by atoms with Gasteiger partial charge in [0.2, 0.25) is 11.8 Å². The summed E-state index contributed by atoms with van der Waals surface area (Å²) < 4.78 is 50.7. The number of aliphatic hydroxyl groups is 1. The van der Waals surface area contributed by atoms with Gasteiger partial charge in [0.25, 0.3) is 6.47 Å². The van der Waals surface area contributed by atoms with Crippen LogP contribution in [0.25, 0.3) is 0 Å². The van der Waals surface area contributed by atoms with Crippen LogP contribution in [0, 0.1) is 23.2 Å². The van der Waals surface area contributed by atoms with Crippen LogP contribution in [-0.2, 0) is 30.0 Å². The minimum atomic E-state index is -4.87. The highest BCUT2D eigenvalue weighted by molar-refractivity contribution is 6.23. The molecule has 0 aromatic heterocycles. The molecule has 1 aromatic rings. The largest absolute Gasteiger partial charge is 0.459 e. The molecule has 0 saturated carbocycles. The molecule has 0 aliphatic carbocycles. The molecule has 1 aromatic carbocycles. The third-order valence-corrected chi connectivity index (χ3v) is 6.31. The Bertz CT molecular complexity index is 1020. The molecule has 30 heavy (non-hydrogen) atoms. The van der Waals surface area contributed by atoms with Crippen molar-refractivity contribution < 1.29 is 42.1 Å². The van der Waals surface area contributed by atoms with Crippen molar-refractivity contribution >= 4 is 24.0 Å². The molecule has 3 aliphatic rings. The van der Waals surface area contributed by atoms with Crippen molar-refractivity contribution in [1.29, 1.82) is 5.26 Å². The number of imide groups is 1. The van der Waals surface area contributed by atoms with Crippen LogP contribution in [0.5, 0.6) is 0 Å². The van der Waals surface area contributed by atoms with E-state index in [9.17, 15) is 32.7 Å². The van der Waals surface area contributed by atoms with Crippen molar-refractivity contribution in [3.8, 4) is 6.07 Å². The average Bonchev–Trinajstić information content (AvgIpc) is 3.16. The predicted molar refractivity (Wildman–Crippen MR) is 90.5 cm³/mol. The first kappa shape index (κ1) is 20.3. The number of rotatable bonds is 3. The number of carbonyl (C=O) groups is 3. The number of anilines is 1. The van der Waals surface area contributed by atoms with E-state index in [1.165, 1.54) is 19.9 Å². The van der Waals surface area contributed by atoms with Gasteiger partial charge in [-0.2, -0.15) is 18.4 Å². The molecule has 3 aliphatic heterocycles. The summed E-state index contributed by atoms with van der Waals surface area (Å²) in [5, 5.41) is 19.5. The summed E-state index contributed by atoms with van der Waals surface area (Å²) >= 11 is 0. The van der Waals surface area contributed by atoms with Gasteiger partial charge in [0.15, 0.2) is 6.10 Å². The number of halogens is 3. The summed E-state index contributed by atoms with van der Waals surface area (Å²) in [5.41, 5.74) is -5.39. The maximum atomic E-state index is 13.3. The first-order valence-corrected chi connectivity index (χ1v) is 8.88. The second-order valence-electron chi connectivity index (χ2n) is 7.87. The molecule has 2 unspecified atom stereocenters. The molecule has 4 rings (SSSR count). The Labute approximate surface area is 167 Å². The van der Waals surface area contributed by atoms with Crippen molar-refractivity contribution in [2.45, 2.75) is 43.4 Å². The molecule has 3 saturated heterocycles. The standard InChI is InChI=1S/C19H15F3N2O6/c1-17-11-12(18(2,30-17)14(13(17)26)29-7-25)16(28)24(15(11)27)9-4-3-8(6-23)10(5-9)19(20,21)22/h3-5,7,11-14,26H,1-2H3/t11-,12+,13-,14+,17?,18?/m0/s1. The summed E-state index contributed by atoms with van der Waals surface area (Å²) in [6.45, 7) is 2.90. The normalized spacial score (nSPS) is 37.3. The molecule has 8 nitrogen and oxygen atoms in total. The van der Waals surface area contributed by atoms with E-state index in [1.54, 1.807) is 0 Å². The van der Waals surface area contributed by atoms with E-state index in [0.29, 0.717) is 11.0 Å². The van der Waals surface area contributed by atoms with Crippen LogP contribution >= 0.6 is 0 Å². The van der Waals surface area contributed by atoms with Crippen LogP contribution in [0.4, 0.5) is 18.9 Å². The van der Waals surface area contributed by atoms with Gasteiger partial charge in [-0.15, -0.1) is 0 Å². The Morgan fingerprint density at radius 3 is 2.37 bits per heavy atom. The van der Waals surface area contributed by atoms with E-state index in [-0.39, 0.29) is 12.2 Å². The summed E-state index contributed by atoms with van der Waals surface area (Å²) in [4.78, 5) is 37.8. The Morgan fingerprint density at radius 2 is 1.83 bits per heavy atom. The Hall–Kier alpha value is -2.97. The zero-order valence-corrected chi connectivity index (χ0v) is 15.6. The van der Waals surface area contributed by atoms with E-state index in [2.05, 4.69) is 0 Å². The van der Waals surface area contributed by atoms with Crippen LogP contribution in [0.3, 0.4) is 0 Å². The number of ether oxygens (including phenoxy) is 2. The molecule has 1 N–H and O–H groups in total. The number of alkyl halides is 3. The Balaban J connectivity index is 1.81. The lowest BCUT2D eigenvalue weighted by atomic mass is 9.66. The Kier molecular flexibility index (Phi) is 4.08. The molecule has 6 atom stereocenters. The fraction of sp³-hybridized carbons (Fsp3) is 0.474. The van der Waals surface area contributed by atoms with E-state index < -0.39 is 64.4 Å². The summed E-state index contributed by atoms with van der Waals surface area (Å²) in [5.74, 6) is -4.02. The molecule has 3 heterocycles. The molecular weight excluding hydrogens is 409 g/mol. The van der Waals surface area contributed by atoms with Gasteiger partial charge in [0.05, 0.1) is 34.7 Å². The fourth-order valence-electron chi connectivity index (χ4n) is 5.05. The van der Waals surface area contributed by atoms with Crippen molar-refractivity contribution in [1.82, 2.24) is 0 Å². The van der Waals surface area contributed by atoms with Crippen LogP contribution in [0.2, 0.25) is 0 Å². The van der Waals surface area contributed by atoms with Gasteiger partial charge in [0, 0.05) is 0 Å². The van der Waals surface area contributed by atoms with Gasteiger partial charge in [-0.1, -0.05) is 0 Å². The molecule has 2 bridgehead atoms. The maximum Gasteiger partial charge on any atom is 0.417 e. The number of amides is 2. The summed E-state index contributed by atoms with van der Waals surface area (Å²) in [6.07, 6.45) is -7.52. The van der Waals surface area contributed by atoms with Gasteiger partial charge < -0.3 is 14.6 Å². The SMILES string of the molecule is CC12OC(C)([C@H](OC=O)[C@@H]1O)[C@H]1C(=O)N(c3ccc(C#N)c(C(F)(F)F)c3)C(=O)[C@H]12.